The molecule has 1 aromatic carbocycles. The van der Waals surface area contributed by atoms with Crippen molar-refractivity contribution < 1.29 is 4.39 Å². The number of rotatable bonds is 2. The fraction of sp³-hybridized carbons (Fsp3) is 0.105. The first-order chi connectivity index (χ1) is 12.3. The van der Waals surface area contributed by atoms with Crippen LogP contribution in [0.5, 0.6) is 0 Å². The minimum absolute atomic E-state index is 0.251. The summed E-state index contributed by atoms with van der Waals surface area (Å²) in [6.45, 7) is 0. The molecule has 1 aliphatic heterocycles. The second-order valence-electron chi connectivity index (χ2n) is 5.54. The highest BCUT2D eigenvalue weighted by Gasteiger charge is 2.26. The molecule has 4 rings (SSSR count). The summed E-state index contributed by atoms with van der Waals surface area (Å²) in [6.07, 6.45) is 1.73. The van der Waals surface area contributed by atoms with Crippen LogP contribution in [-0.2, 0) is 0 Å². The Morgan fingerprint density at radius 3 is 2.68 bits per heavy atom. The molecule has 124 valence electrons. The van der Waals surface area contributed by atoms with E-state index in [0.29, 0.717) is 5.82 Å². The van der Waals surface area contributed by atoms with Crippen LogP contribution < -0.4 is 5.32 Å². The second kappa shape index (κ2) is 6.57. The molecule has 0 spiro atoms. The Bertz CT molecular complexity index is 946. The molecule has 3 heterocycles. The van der Waals surface area contributed by atoms with E-state index in [1.165, 1.54) is 12.1 Å². The average Bonchev–Trinajstić information content (AvgIpc) is 3.11. The number of aliphatic imine (C=N–C) groups is 2. The van der Waals surface area contributed by atoms with Crippen LogP contribution in [0, 0.1) is 5.82 Å². The monoisotopic (exact) mass is 350 g/mol. The number of hydrogen-bond donors (Lipinski definition) is 1. The Hall–Kier alpha value is -2.86. The molecule has 2 aromatic heterocycles. The smallest absolute Gasteiger partial charge is 0.142 e. The highest BCUT2D eigenvalue weighted by atomic mass is 32.1. The lowest BCUT2D eigenvalue weighted by Gasteiger charge is -2.13. The number of nitrogens with zero attached hydrogens (tertiary/aromatic N) is 3. The van der Waals surface area contributed by atoms with Gasteiger partial charge < -0.3 is 5.32 Å². The molecule has 1 unspecified atom stereocenters. The minimum atomic E-state index is -0.270. The van der Waals surface area contributed by atoms with Crippen molar-refractivity contribution in [1.82, 2.24) is 4.98 Å². The molecule has 0 aliphatic carbocycles. The quantitative estimate of drug-likeness (QED) is 0.748. The summed E-state index contributed by atoms with van der Waals surface area (Å²) >= 11 is 1.63. The van der Waals surface area contributed by atoms with Crippen molar-refractivity contribution in [1.29, 1.82) is 0 Å². The first-order valence-electron chi connectivity index (χ1n) is 7.82. The topological polar surface area (TPSA) is 49.6 Å². The molecular weight excluding hydrogens is 335 g/mol. The molecular formula is C19H15FN4S. The van der Waals surface area contributed by atoms with Crippen molar-refractivity contribution in [2.24, 2.45) is 9.98 Å². The van der Waals surface area contributed by atoms with Gasteiger partial charge in [-0.05, 0) is 47.8 Å². The van der Waals surface area contributed by atoms with E-state index >= 15 is 0 Å². The second-order valence-corrected chi connectivity index (χ2v) is 6.52. The summed E-state index contributed by atoms with van der Waals surface area (Å²) in [7, 11) is 1.74. The SMILES string of the molecule is CN=C1Nc2ncccc2C(c2ccc(F)cc2)=NC1c1cccs1. The number of aromatic nitrogens is 1. The minimum Gasteiger partial charge on any atom is -0.326 e. The van der Waals surface area contributed by atoms with Crippen molar-refractivity contribution in [2.45, 2.75) is 6.04 Å². The number of pyridine rings is 1. The highest BCUT2D eigenvalue weighted by Crippen LogP contribution is 2.31. The summed E-state index contributed by atoms with van der Waals surface area (Å²) in [6, 6.07) is 14.0. The van der Waals surface area contributed by atoms with Gasteiger partial charge in [-0.15, -0.1) is 11.3 Å². The van der Waals surface area contributed by atoms with Gasteiger partial charge in [0.1, 0.15) is 23.5 Å². The molecule has 0 radical (unpaired) electrons. The standard InChI is InChI=1S/C19H15FN4S/c1-21-19-17(15-5-3-11-25-15)23-16(12-6-8-13(20)9-7-12)14-4-2-10-22-18(14)24-19/h2-11,17H,1H3,(H,21,22,24). The molecule has 0 amide bonds. The Morgan fingerprint density at radius 1 is 1.12 bits per heavy atom. The van der Waals surface area contributed by atoms with Crippen LogP contribution in [0.2, 0.25) is 0 Å². The Balaban J connectivity index is 1.94. The van der Waals surface area contributed by atoms with E-state index < -0.39 is 0 Å². The number of fused-ring (bicyclic) bond motifs is 1. The lowest BCUT2D eigenvalue weighted by molar-refractivity contribution is 0.628. The number of anilines is 1. The van der Waals surface area contributed by atoms with Crippen LogP contribution in [0.3, 0.4) is 0 Å². The molecule has 4 nitrogen and oxygen atoms in total. The van der Waals surface area contributed by atoms with Gasteiger partial charge in [-0.2, -0.15) is 0 Å². The Kier molecular flexibility index (Phi) is 4.11. The molecule has 0 saturated carbocycles. The predicted octanol–water partition coefficient (Wildman–Crippen LogP) is 4.31. The van der Waals surface area contributed by atoms with Crippen molar-refractivity contribution in [3.05, 3.63) is 81.9 Å². The molecule has 3 aromatic rings. The third kappa shape index (κ3) is 2.96. The summed E-state index contributed by atoms with van der Waals surface area (Å²) in [4.78, 5) is 14.9. The van der Waals surface area contributed by atoms with Crippen LogP contribution in [0.1, 0.15) is 22.0 Å². The summed E-state index contributed by atoms with van der Waals surface area (Å²) in [5.41, 5.74) is 2.48. The Morgan fingerprint density at radius 2 is 1.96 bits per heavy atom. The maximum Gasteiger partial charge on any atom is 0.142 e. The predicted molar refractivity (Wildman–Crippen MR) is 100 cm³/mol. The third-order valence-corrected chi connectivity index (χ3v) is 4.92. The molecule has 6 heteroatoms. The van der Waals surface area contributed by atoms with Gasteiger partial charge in [-0.1, -0.05) is 6.07 Å². The zero-order valence-corrected chi connectivity index (χ0v) is 14.3. The molecule has 0 bridgehead atoms. The van der Waals surface area contributed by atoms with E-state index in [9.17, 15) is 4.39 Å². The maximum absolute atomic E-state index is 13.4. The van der Waals surface area contributed by atoms with Crippen molar-refractivity contribution in [2.75, 3.05) is 12.4 Å². The van der Waals surface area contributed by atoms with Crippen LogP contribution in [-0.4, -0.2) is 23.6 Å². The number of thiophene rings is 1. The number of nitrogens with one attached hydrogen (secondary N) is 1. The first-order valence-corrected chi connectivity index (χ1v) is 8.70. The van der Waals surface area contributed by atoms with Gasteiger partial charge in [0.25, 0.3) is 0 Å². The van der Waals surface area contributed by atoms with E-state index in [-0.39, 0.29) is 11.9 Å². The number of halogens is 1. The molecule has 0 fully saturated rings. The molecule has 1 aliphatic rings. The van der Waals surface area contributed by atoms with E-state index in [0.717, 1.165) is 27.6 Å². The zero-order valence-electron chi connectivity index (χ0n) is 13.5. The fourth-order valence-corrected chi connectivity index (χ4v) is 3.57. The molecule has 0 saturated heterocycles. The van der Waals surface area contributed by atoms with E-state index in [1.807, 2.05) is 29.6 Å². The highest BCUT2D eigenvalue weighted by molar-refractivity contribution is 7.10. The van der Waals surface area contributed by atoms with Crippen molar-refractivity contribution >= 4 is 28.7 Å². The van der Waals surface area contributed by atoms with Crippen LogP contribution in [0.4, 0.5) is 10.2 Å². The largest absolute Gasteiger partial charge is 0.326 e. The lowest BCUT2D eigenvalue weighted by atomic mass is 10.0. The van der Waals surface area contributed by atoms with Crippen molar-refractivity contribution in [3.8, 4) is 0 Å². The number of hydrogen-bond acceptors (Lipinski definition) is 4. The van der Waals surface area contributed by atoms with Gasteiger partial charge in [0.2, 0.25) is 0 Å². The van der Waals surface area contributed by atoms with E-state index in [2.05, 4.69) is 15.3 Å². The van der Waals surface area contributed by atoms with Gasteiger partial charge in [0.05, 0.1) is 5.71 Å². The number of amidine groups is 1. The van der Waals surface area contributed by atoms with Gasteiger partial charge in [0, 0.05) is 29.2 Å². The maximum atomic E-state index is 13.4. The number of benzene rings is 1. The zero-order chi connectivity index (χ0) is 17.2. The fourth-order valence-electron chi connectivity index (χ4n) is 2.81. The third-order valence-electron chi connectivity index (χ3n) is 4.00. The van der Waals surface area contributed by atoms with Gasteiger partial charge in [-0.25, -0.2) is 9.37 Å². The summed E-state index contributed by atoms with van der Waals surface area (Å²) in [5.74, 6) is 1.16. The summed E-state index contributed by atoms with van der Waals surface area (Å²) in [5, 5.41) is 5.34. The summed E-state index contributed by atoms with van der Waals surface area (Å²) < 4.78 is 13.4. The Labute approximate surface area is 148 Å². The molecule has 25 heavy (non-hydrogen) atoms. The van der Waals surface area contributed by atoms with Gasteiger partial charge >= 0.3 is 0 Å². The molecule has 1 N–H and O–H groups in total. The van der Waals surface area contributed by atoms with E-state index in [4.69, 9.17) is 4.99 Å². The van der Waals surface area contributed by atoms with Gasteiger partial charge in [-0.3, -0.25) is 9.98 Å². The average molecular weight is 350 g/mol. The van der Waals surface area contributed by atoms with Crippen molar-refractivity contribution in [3.63, 3.8) is 0 Å². The van der Waals surface area contributed by atoms with E-state index in [1.54, 1.807) is 36.7 Å². The lowest BCUT2D eigenvalue weighted by Crippen LogP contribution is -2.19. The van der Waals surface area contributed by atoms with Crippen LogP contribution in [0.15, 0.2) is 70.1 Å². The first kappa shape index (κ1) is 15.7. The van der Waals surface area contributed by atoms with Gasteiger partial charge in [0.15, 0.2) is 0 Å². The van der Waals surface area contributed by atoms with Crippen LogP contribution >= 0.6 is 11.3 Å². The normalized spacial score (nSPS) is 18.2. The molecule has 1 atom stereocenters. The van der Waals surface area contributed by atoms with Crippen LogP contribution in [0.25, 0.3) is 0 Å².